The predicted octanol–water partition coefficient (Wildman–Crippen LogP) is 2.61. The molecule has 0 radical (unpaired) electrons. The molecule has 0 spiro atoms. The van der Waals surface area contributed by atoms with Crippen LogP contribution >= 0.6 is 24.0 Å². The summed E-state index contributed by atoms with van der Waals surface area (Å²) in [6.07, 6.45) is 4.42. The topological polar surface area (TPSA) is 57.5 Å². The zero-order valence-corrected chi connectivity index (χ0v) is 17.6. The SMILES string of the molecule is CCNC(=NCCn1cccn1)NC1CCN(c2c(F)cccc2F)C1.I. The van der Waals surface area contributed by atoms with E-state index in [0.29, 0.717) is 32.1 Å². The fraction of sp³-hybridized carbons (Fsp3) is 0.444. The predicted molar refractivity (Wildman–Crippen MR) is 114 cm³/mol. The van der Waals surface area contributed by atoms with Crippen LogP contribution in [0.4, 0.5) is 14.5 Å². The van der Waals surface area contributed by atoms with Crippen molar-refractivity contribution in [3.63, 3.8) is 0 Å². The lowest BCUT2D eigenvalue weighted by Crippen LogP contribution is -2.44. The van der Waals surface area contributed by atoms with Crippen molar-refractivity contribution < 1.29 is 8.78 Å². The number of aromatic nitrogens is 2. The number of hydrogen-bond acceptors (Lipinski definition) is 3. The summed E-state index contributed by atoms with van der Waals surface area (Å²) < 4.78 is 29.8. The summed E-state index contributed by atoms with van der Waals surface area (Å²) in [6.45, 7) is 5.16. The van der Waals surface area contributed by atoms with E-state index in [-0.39, 0.29) is 35.7 Å². The molecular weight excluding hydrogens is 465 g/mol. The molecular formula is C18H25F2IN6. The number of guanidine groups is 1. The second kappa shape index (κ2) is 10.4. The molecule has 2 aromatic rings. The van der Waals surface area contributed by atoms with Crippen molar-refractivity contribution >= 4 is 35.6 Å². The third-order valence-corrected chi connectivity index (χ3v) is 4.29. The van der Waals surface area contributed by atoms with Crippen molar-refractivity contribution in [2.45, 2.75) is 25.9 Å². The summed E-state index contributed by atoms with van der Waals surface area (Å²) in [4.78, 5) is 6.30. The zero-order valence-electron chi connectivity index (χ0n) is 15.2. The number of benzene rings is 1. The third-order valence-electron chi connectivity index (χ3n) is 4.29. The summed E-state index contributed by atoms with van der Waals surface area (Å²) in [5.74, 6) is -0.337. The minimum Gasteiger partial charge on any atom is -0.365 e. The Morgan fingerprint density at radius 1 is 1.30 bits per heavy atom. The van der Waals surface area contributed by atoms with E-state index >= 15 is 0 Å². The number of nitrogens with zero attached hydrogens (tertiary/aromatic N) is 4. The molecule has 6 nitrogen and oxygen atoms in total. The van der Waals surface area contributed by atoms with Crippen LogP contribution in [0.15, 0.2) is 41.7 Å². The number of halogens is 3. The summed E-state index contributed by atoms with van der Waals surface area (Å²) in [7, 11) is 0. The molecule has 0 aliphatic carbocycles. The Morgan fingerprint density at radius 2 is 2.07 bits per heavy atom. The van der Waals surface area contributed by atoms with E-state index in [2.05, 4.69) is 20.7 Å². The van der Waals surface area contributed by atoms with Crippen molar-refractivity contribution in [2.75, 3.05) is 31.1 Å². The van der Waals surface area contributed by atoms with E-state index in [1.54, 1.807) is 11.1 Å². The second-order valence-electron chi connectivity index (χ2n) is 6.18. The fourth-order valence-electron chi connectivity index (χ4n) is 3.08. The number of aliphatic imine (C=N–C) groups is 1. The van der Waals surface area contributed by atoms with Gasteiger partial charge in [0.2, 0.25) is 0 Å². The lowest BCUT2D eigenvalue weighted by atomic mass is 10.2. The van der Waals surface area contributed by atoms with Crippen LogP contribution in [0.3, 0.4) is 0 Å². The maximum absolute atomic E-state index is 14.0. The number of rotatable bonds is 6. The summed E-state index contributed by atoms with van der Waals surface area (Å²) in [6, 6.07) is 5.92. The van der Waals surface area contributed by atoms with Gasteiger partial charge in [-0.25, -0.2) is 8.78 Å². The van der Waals surface area contributed by atoms with Crippen LogP contribution in [0, 0.1) is 11.6 Å². The highest BCUT2D eigenvalue weighted by molar-refractivity contribution is 14.0. The first-order valence-electron chi connectivity index (χ1n) is 8.88. The molecule has 1 unspecified atom stereocenters. The van der Waals surface area contributed by atoms with Crippen LogP contribution in [-0.2, 0) is 6.54 Å². The van der Waals surface area contributed by atoms with Gasteiger partial charge in [0, 0.05) is 38.1 Å². The van der Waals surface area contributed by atoms with Gasteiger partial charge in [0.1, 0.15) is 17.3 Å². The average Bonchev–Trinajstić information content (AvgIpc) is 3.27. The maximum atomic E-state index is 14.0. The Labute approximate surface area is 175 Å². The highest BCUT2D eigenvalue weighted by Gasteiger charge is 2.27. The van der Waals surface area contributed by atoms with Crippen molar-refractivity contribution in [1.29, 1.82) is 0 Å². The minimum atomic E-state index is -0.523. The highest BCUT2D eigenvalue weighted by atomic mass is 127. The number of nitrogens with one attached hydrogen (secondary N) is 2. The molecule has 3 rings (SSSR count). The lowest BCUT2D eigenvalue weighted by Gasteiger charge is -2.21. The summed E-state index contributed by atoms with van der Waals surface area (Å²) >= 11 is 0. The number of para-hydroxylation sites is 1. The van der Waals surface area contributed by atoms with Gasteiger partial charge in [-0.05, 0) is 31.5 Å². The van der Waals surface area contributed by atoms with Crippen molar-refractivity contribution in [3.8, 4) is 0 Å². The van der Waals surface area contributed by atoms with Crippen LogP contribution in [-0.4, -0.2) is 48.0 Å². The van der Waals surface area contributed by atoms with Gasteiger partial charge in [-0.3, -0.25) is 9.67 Å². The van der Waals surface area contributed by atoms with Gasteiger partial charge in [0.25, 0.3) is 0 Å². The van der Waals surface area contributed by atoms with Crippen LogP contribution in [0.1, 0.15) is 13.3 Å². The molecule has 1 saturated heterocycles. The molecule has 1 fully saturated rings. The van der Waals surface area contributed by atoms with E-state index in [1.807, 2.05) is 23.9 Å². The minimum absolute atomic E-state index is 0. The van der Waals surface area contributed by atoms with Crippen molar-refractivity contribution in [1.82, 2.24) is 20.4 Å². The smallest absolute Gasteiger partial charge is 0.191 e. The Bertz CT molecular complexity index is 717. The van der Waals surface area contributed by atoms with Crippen molar-refractivity contribution in [2.24, 2.45) is 4.99 Å². The largest absolute Gasteiger partial charge is 0.365 e. The van der Waals surface area contributed by atoms with Gasteiger partial charge in [-0.2, -0.15) is 5.10 Å². The van der Waals surface area contributed by atoms with Gasteiger partial charge < -0.3 is 15.5 Å². The van der Waals surface area contributed by atoms with Gasteiger partial charge >= 0.3 is 0 Å². The Balaban J connectivity index is 0.00000261. The standard InChI is InChI=1S/C18H24F2N6.HI/c1-2-21-18(22-9-12-26-10-4-8-23-26)24-14-7-11-25(13-14)17-15(19)5-3-6-16(17)20;/h3-6,8,10,14H,2,7,9,11-13H2,1H3,(H2,21,22,24);1H. The average molecular weight is 490 g/mol. The molecule has 148 valence electrons. The van der Waals surface area contributed by atoms with Crippen LogP contribution in [0.5, 0.6) is 0 Å². The van der Waals surface area contributed by atoms with Crippen molar-refractivity contribution in [3.05, 3.63) is 48.3 Å². The molecule has 0 saturated carbocycles. The third kappa shape index (κ3) is 5.78. The molecule has 1 aromatic carbocycles. The Kier molecular flexibility index (Phi) is 8.26. The Morgan fingerprint density at radius 3 is 2.74 bits per heavy atom. The van der Waals surface area contributed by atoms with Crippen LogP contribution < -0.4 is 15.5 Å². The van der Waals surface area contributed by atoms with E-state index in [9.17, 15) is 8.78 Å². The first-order valence-corrected chi connectivity index (χ1v) is 8.88. The van der Waals surface area contributed by atoms with Crippen LogP contribution in [0.2, 0.25) is 0 Å². The second-order valence-corrected chi connectivity index (χ2v) is 6.18. The molecule has 1 atom stereocenters. The van der Waals surface area contributed by atoms with Crippen LogP contribution in [0.25, 0.3) is 0 Å². The van der Waals surface area contributed by atoms with Gasteiger partial charge in [-0.1, -0.05) is 6.07 Å². The van der Waals surface area contributed by atoms with E-state index < -0.39 is 11.6 Å². The molecule has 2 N–H and O–H groups in total. The summed E-state index contributed by atoms with van der Waals surface area (Å²) in [5.41, 5.74) is 0.0532. The van der Waals surface area contributed by atoms with E-state index in [0.717, 1.165) is 13.0 Å². The molecule has 0 amide bonds. The molecule has 1 aliphatic heterocycles. The molecule has 1 aliphatic rings. The molecule has 27 heavy (non-hydrogen) atoms. The molecule has 9 heteroatoms. The maximum Gasteiger partial charge on any atom is 0.191 e. The normalized spacial score (nSPS) is 16.9. The first-order chi connectivity index (χ1) is 12.7. The quantitative estimate of drug-likeness (QED) is 0.372. The lowest BCUT2D eigenvalue weighted by molar-refractivity contribution is 0.575. The van der Waals surface area contributed by atoms with Gasteiger partial charge in [0.15, 0.2) is 5.96 Å². The molecule has 1 aromatic heterocycles. The number of hydrogen-bond donors (Lipinski definition) is 2. The Hall–Kier alpha value is -1.91. The first kappa shape index (κ1) is 21.4. The zero-order chi connectivity index (χ0) is 18.4. The number of anilines is 1. The van der Waals surface area contributed by atoms with E-state index in [4.69, 9.17) is 0 Å². The van der Waals surface area contributed by atoms with Gasteiger partial charge in [0.05, 0.1) is 13.1 Å². The molecule has 0 bridgehead atoms. The highest BCUT2D eigenvalue weighted by Crippen LogP contribution is 2.26. The van der Waals surface area contributed by atoms with E-state index in [1.165, 1.54) is 18.2 Å². The van der Waals surface area contributed by atoms with Gasteiger partial charge in [-0.15, -0.1) is 24.0 Å². The molecule has 2 heterocycles. The monoisotopic (exact) mass is 490 g/mol. The fourth-order valence-corrected chi connectivity index (χ4v) is 3.08. The summed E-state index contributed by atoms with van der Waals surface area (Å²) in [5, 5.41) is 10.7.